The van der Waals surface area contributed by atoms with Gasteiger partial charge in [0.2, 0.25) is 0 Å². The Morgan fingerprint density at radius 3 is 2.59 bits per heavy atom. The van der Waals surface area contributed by atoms with Crippen LogP contribution in [0.25, 0.3) is 0 Å². The summed E-state index contributed by atoms with van der Waals surface area (Å²) in [7, 11) is 0. The Morgan fingerprint density at radius 2 is 2.06 bits per heavy atom. The highest BCUT2D eigenvalue weighted by Gasteiger charge is 2.31. The van der Waals surface area contributed by atoms with Gasteiger partial charge in [-0.1, -0.05) is 0 Å². The molecule has 0 fully saturated rings. The second kappa shape index (κ2) is 5.22. The lowest BCUT2D eigenvalue weighted by Gasteiger charge is -2.25. The smallest absolute Gasteiger partial charge is 0.396 e. The van der Waals surface area contributed by atoms with E-state index in [1.165, 1.54) is 6.07 Å². The molecule has 96 valence electrons. The summed E-state index contributed by atoms with van der Waals surface area (Å²) in [6.07, 6.45) is -4.37. The maximum Gasteiger partial charge on any atom is 0.405 e. The SMILES string of the molecule is Cc1ccc(N)c(N(CCO)CC(F)(F)F)n1. The van der Waals surface area contributed by atoms with Gasteiger partial charge in [0.05, 0.1) is 12.3 Å². The highest BCUT2D eigenvalue weighted by Crippen LogP contribution is 2.25. The van der Waals surface area contributed by atoms with Gasteiger partial charge in [-0.15, -0.1) is 0 Å². The molecule has 3 N–H and O–H groups in total. The zero-order valence-electron chi connectivity index (χ0n) is 9.33. The zero-order chi connectivity index (χ0) is 13.1. The van der Waals surface area contributed by atoms with E-state index in [1.807, 2.05) is 0 Å². The molecule has 0 spiro atoms. The molecule has 4 nitrogen and oxygen atoms in total. The zero-order valence-corrected chi connectivity index (χ0v) is 9.33. The molecule has 0 saturated heterocycles. The summed E-state index contributed by atoms with van der Waals surface area (Å²) < 4.78 is 37.1. The van der Waals surface area contributed by atoms with Crippen molar-refractivity contribution in [3.63, 3.8) is 0 Å². The molecule has 0 aromatic carbocycles. The summed E-state index contributed by atoms with van der Waals surface area (Å²) in [5, 5.41) is 8.78. The number of aliphatic hydroxyl groups excluding tert-OH is 1. The average Bonchev–Trinajstić information content (AvgIpc) is 2.19. The van der Waals surface area contributed by atoms with Gasteiger partial charge in [0, 0.05) is 12.2 Å². The first-order valence-electron chi connectivity index (χ1n) is 4.99. The summed E-state index contributed by atoms with van der Waals surface area (Å²) in [5.41, 5.74) is 6.32. The third kappa shape index (κ3) is 4.10. The van der Waals surface area contributed by atoms with Crippen LogP contribution in [0.1, 0.15) is 5.69 Å². The van der Waals surface area contributed by atoms with Crippen LogP contribution in [0.5, 0.6) is 0 Å². The molecule has 0 aliphatic rings. The van der Waals surface area contributed by atoms with Crippen molar-refractivity contribution in [2.24, 2.45) is 0 Å². The normalized spacial score (nSPS) is 11.6. The number of halogens is 3. The summed E-state index contributed by atoms with van der Waals surface area (Å²) in [6.45, 7) is -0.0901. The van der Waals surface area contributed by atoms with E-state index in [0.29, 0.717) is 5.69 Å². The molecule has 0 aliphatic heterocycles. The monoisotopic (exact) mass is 249 g/mol. The minimum absolute atomic E-state index is 0.0522. The van der Waals surface area contributed by atoms with Crippen LogP contribution < -0.4 is 10.6 Å². The van der Waals surface area contributed by atoms with E-state index in [4.69, 9.17) is 10.8 Å². The Hall–Kier alpha value is -1.50. The van der Waals surface area contributed by atoms with Gasteiger partial charge in [0.25, 0.3) is 0 Å². The largest absolute Gasteiger partial charge is 0.405 e. The molecule has 1 aromatic rings. The maximum atomic E-state index is 12.4. The van der Waals surface area contributed by atoms with Crippen molar-refractivity contribution in [2.45, 2.75) is 13.1 Å². The first-order valence-corrected chi connectivity index (χ1v) is 4.99. The summed E-state index contributed by atoms with van der Waals surface area (Å²) in [5.74, 6) is 0.0522. The average molecular weight is 249 g/mol. The van der Waals surface area contributed by atoms with Gasteiger partial charge in [0.1, 0.15) is 6.54 Å². The van der Waals surface area contributed by atoms with Crippen LogP contribution in [0.2, 0.25) is 0 Å². The maximum absolute atomic E-state index is 12.4. The lowest BCUT2D eigenvalue weighted by molar-refractivity contribution is -0.119. The number of aliphatic hydroxyl groups is 1. The topological polar surface area (TPSA) is 62.4 Å². The van der Waals surface area contributed by atoms with E-state index in [1.54, 1.807) is 13.0 Å². The molecule has 0 aliphatic carbocycles. The number of rotatable bonds is 4. The van der Waals surface area contributed by atoms with Gasteiger partial charge < -0.3 is 15.7 Å². The fraction of sp³-hybridized carbons (Fsp3) is 0.500. The minimum Gasteiger partial charge on any atom is -0.396 e. The van der Waals surface area contributed by atoms with Crippen molar-refractivity contribution >= 4 is 11.5 Å². The van der Waals surface area contributed by atoms with E-state index < -0.39 is 19.3 Å². The highest BCUT2D eigenvalue weighted by atomic mass is 19.4. The Kier molecular flexibility index (Phi) is 4.17. The first-order chi connectivity index (χ1) is 7.83. The van der Waals surface area contributed by atoms with Crippen molar-refractivity contribution in [3.8, 4) is 0 Å². The molecule has 0 unspecified atom stereocenters. The molecule has 0 bridgehead atoms. The minimum atomic E-state index is -4.37. The van der Waals surface area contributed by atoms with E-state index in [0.717, 1.165) is 4.90 Å². The number of aryl methyl sites for hydroxylation is 1. The number of hydrogen-bond acceptors (Lipinski definition) is 4. The quantitative estimate of drug-likeness (QED) is 0.845. The number of anilines is 2. The Bertz CT molecular complexity index is 382. The fourth-order valence-corrected chi connectivity index (χ4v) is 1.40. The number of hydrogen-bond donors (Lipinski definition) is 2. The van der Waals surface area contributed by atoms with Gasteiger partial charge >= 0.3 is 6.18 Å². The molecule has 0 atom stereocenters. The van der Waals surface area contributed by atoms with E-state index >= 15 is 0 Å². The van der Waals surface area contributed by atoms with Crippen LogP contribution in [0.4, 0.5) is 24.7 Å². The number of nitrogen functional groups attached to an aromatic ring is 1. The van der Waals surface area contributed by atoms with E-state index in [9.17, 15) is 13.2 Å². The van der Waals surface area contributed by atoms with E-state index in [-0.39, 0.29) is 18.1 Å². The molecule has 0 saturated carbocycles. The predicted octanol–water partition coefficient (Wildman–Crippen LogP) is 1.33. The Morgan fingerprint density at radius 1 is 1.41 bits per heavy atom. The molecular weight excluding hydrogens is 235 g/mol. The van der Waals surface area contributed by atoms with Crippen LogP contribution in [0.3, 0.4) is 0 Å². The van der Waals surface area contributed by atoms with Gasteiger partial charge in [-0.05, 0) is 19.1 Å². The van der Waals surface area contributed by atoms with Crippen LogP contribution in [0.15, 0.2) is 12.1 Å². The number of nitrogens with zero attached hydrogens (tertiary/aromatic N) is 2. The van der Waals surface area contributed by atoms with Crippen molar-refractivity contribution in [3.05, 3.63) is 17.8 Å². The van der Waals surface area contributed by atoms with Gasteiger partial charge in [-0.25, -0.2) is 4.98 Å². The molecule has 7 heteroatoms. The number of pyridine rings is 1. The lowest BCUT2D eigenvalue weighted by Crippen LogP contribution is -2.37. The van der Waals surface area contributed by atoms with Gasteiger partial charge in [0.15, 0.2) is 5.82 Å². The number of alkyl halides is 3. The second-order valence-corrected chi connectivity index (χ2v) is 3.63. The molecular formula is C10H14F3N3O. The fourth-order valence-electron chi connectivity index (χ4n) is 1.40. The third-order valence-corrected chi connectivity index (χ3v) is 2.08. The third-order valence-electron chi connectivity index (χ3n) is 2.08. The molecule has 0 radical (unpaired) electrons. The molecule has 17 heavy (non-hydrogen) atoms. The predicted molar refractivity (Wildman–Crippen MR) is 58.7 cm³/mol. The second-order valence-electron chi connectivity index (χ2n) is 3.63. The summed E-state index contributed by atoms with van der Waals surface area (Å²) in [4.78, 5) is 4.88. The first kappa shape index (κ1) is 13.6. The van der Waals surface area contributed by atoms with Crippen molar-refractivity contribution in [1.29, 1.82) is 0 Å². The standard InChI is InChI=1S/C10H14F3N3O/c1-7-2-3-8(14)9(15-7)16(4-5-17)6-10(11,12)13/h2-3,17H,4-6,14H2,1H3. The molecule has 1 aromatic heterocycles. The van der Waals surface area contributed by atoms with Crippen LogP contribution >= 0.6 is 0 Å². The molecule has 1 heterocycles. The summed E-state index contributed by atoms with van der Waals surface area (Å²) >= 11 is 0. The Balaban J connectivity index is 3.00. The molecule has 0 amide bonds. The summed E-state index contributed by atoms with van der Waals surface area (Å²) in [6, 6.07) is 3.11. The van der Waals surface area contributed by atoms with Crippen LogP contribution in [-0.2, 0) is 0 Å². The van der Waals surface area contributed by atoms with Crippen LogP contribution in [0, 0.1) is 6.92 Å². The van der Waals surface area contributed by atoms with Crippen molar-refractivity contribution < 1.29 is 18.3 Å². The lowest BCUT2D eigenvalue weighted by atomic mass is 10.3. The number of aromatic nitrogens is 1. The van der Waals surface area contributed by atoms with E-state index in [2.05, 4.69) is 4.98 Å². The van der Waals surface area contributed by atoms with Crippen molar-refractivity contribution in [2.75, 3.05) is 30.3 Å². The Labute approximate surface area is 96.9 Å². The van der Waals surface area contributed by atoms with Crippen molar-refractivity contribution in [1.82, 2.24) is 4.98 Å². The highest BCUT2D eigenvalue weighted by molar-refractivity contribution is 5.63. The van der Waals surface area contributed by atoms with Gasteiger partial charge in [-0.2, -0.15) is 13.2 Å². The van der Waals surface area contributed by atoms with Crippen LogP contribution in [-0.4, -0.2) is 36.0 Å². The number of nitrogens with two attached hydrogens (primary N) is 1. The molecule has 1 rings (SSSR count). The van der Waals surface area contributed by atoms with Gasteiger partial charge in [-0.3, -0.25) is 0 Å².